The lowest BCUT2D eigenvalue weighted by molar-refractivity contribution is 0.0997. The highest BCUT2D eigenvalue weighted by Gasteiger charge is 2.26. The number of phenols is 1. The molecule has 4 aromatic rings. The number of hydrogen-bond acceptors (Lipinski definition) is 6. The average molecular weight is 416 g/mol. The number of aromatic nitrogens is 3. The number of nitrogens with zero attached hydrogens (tertiary/aromatic N) is 4. The van der Waals surface area contributed by atoms with Crippen molar-refractivity contribution in [3.8, 4) is 28.8 Å². The van der Waals surface area contributed by atoms with Gasteiger partial charge in [-0.1, -0.05) is 6.07 Å². The molecule has 0 atom stereocenters. The summed E-state index contributed by atoms with van der Waals surface area (Å²) in [4.78, 5) is 20.5. The molecule has 8 nitrogen and oxygen atoms in total. The number of nitrogen functional groups attached to an aromatic ring is 1. The van der Waals surface area contributed by atoms with Gasteiger partial charge in [-0.2, -0.15) is 5.26 Å². The van der Waals surface area contributed by atoms with Gasteiger partial charge in [-0.3, -0.25) is 9.36 Å². The average Bonchev–Trinajstić information content (AvgIpc) is 3.10. The highest BCUT2D eigenvalue weighted by Crippen LogP contribution is 2.43. The van der Waals surface area contributed by atoms with Gasteiger partial charge in [0.05, 0.1) is 11.3 Å². The van der Waals surface area contributed by atoms with Gasteiger partial charge in [-0.15, -0.1) is 0 Å². The number of aromatic hydroxyl groups is 1. The number of halogens is 1. The summed E-state index contributed by atoms with van der Waals surface area (Å²) in [6, 6.07) is 7.95. The predicted molar refractivity (Wildman–Crippen MR) is 113 cm³/mol. The molecule has 5 N–H and O–H groups in total. The Labute approximate surface area is 176 Å². The monoisotopic (exact) mass is 416 g/mol. The molecule has 3 aromatic heterocycles. The van der Waals surface area contributed by atoms with Crippen LogP contribution in [0.3, 0.4) is 0 Å². The summed E-state index contributed by atoms with van der Waals surface area (Å²) in [5, 5.41) is 20.4. The number of nitrogens with two attached hydrogens (primary N) is 2. The van der Waals surface area contributed by atoms with Crippen LogP contribution in [0.4, 0.5) is 10.1 Å². The van der Waals surface area contributed by atoms with Gasteiger partial charge in [0.1, 0.15) is 17.5 Å². The number of nitriles is 1. The first-order valence-corrected chi connectivity index (χ1v) is 9.21. The molecule has 0 fully saturated rings. The van der Waals surface area contributed by atoms with E-state index >= 15 is 0 Å². The summed E-state index contributed by atoms with van der Waals surface area (Å²) < 4.78 is 15.8. The van der Waals surface area contributed by atoms with E-state index in [1.165, 1.54) is 35.2 Å². The number of hydrogen-bond donors (Lipinski definition) is 3. The maximum atomic E-state index is 14.5. The van der Waals surface area contributed by atoms with Crippen LogP contribution in [0, 0.1) is 31.0 Å². The molecule has 154 valence electrons. The first-order chi connectivity index (χ1) is 14.8. The Balaban J connectivity index is 2.27. The van der Waals surface area contributed by atoms with Gasteiger partial charge in [0.15, 0.2) is 17.3 Å². The van der Waals surface area contributed by atoms with Crippen LogP contribution in [-0.2, 0) is 0 Å². The number of anilines is 1. The Morgan fingerprint density at radius 1 is 1.26 bits per heavy atom. The normalized spacial score (nSPS) is 10.9. The third-order valence-corrected chi connectivity index (χ3v) is 5.19. The van der Waals surface area contributed by atoms with Gasteiger partial charge in [0.2, 0.25) is 0 Å². The van der Waals surface area contributed by atoms with E-state index < -0.39 is 11.7 Å². The molecule has 0 bridgehead atoms. The van der Waals surface area contributed by atoms with Crippen molar-refractivity contribution in [2.45, 2.75) is 13.8 Å². The third kappa shape index (κ3) is 2.93. The molecular formula is C22H17FN6O2. The molecule has 9 heteroatoms. The first-order valence-electron chi connectivity index (χ1n) is 9.21. The largest absolute Gasteiger partial charge is 0.508 e. The van der Waals surface area contributed by atoms with Crippen molar-refractivity contribution in [2.24, 2.45) is 5.73 Å². The number of aryl methyl sites for hydroxylation is 1. The fraction of sp³-hybridized carbons (Fsp3) is 0.0909. The number of primary amides is 1. The molecule has 1 amide bonds. The van der Waals surface area contributed by atoms with E-state index in [0.29, 0.717) is 22.1 Å². The quantitative estimate of drug-likeness (QED) is 0.468. The number of benzene rings is 1. The van der Waals surface area contributed by atoms with Gasteiger partial charge < -0.3 is 16.6 Å². The Morgan fingerprint density at radius 2 is 2.00 bits per heavy atom. The molecule has 0 radical (unpaired) electrons. The zero-order valence-electron chi connectivity index (χ0n) is 16.6. The number of rotatable bonds is 3. The summed E-state index contributed by atoms with van der Waals surface area (Å²) in [5.41, 5.74) is 13.9. The summed E-state index contributed by atoms with van der Waals surface area (Å²) in [6.45, 7) is 3.49. The molecule has 1 aromatic carbocycles. The number of fused-ring (bicyclic) bond motifs is 1. The van der Waals surface area contributed by atoms with Crippen LogP contribution in [0.2, 0.25) is 0 Å². The molecule has 31 heavy (non-hydrogen) atoms. The summed E-state index contributed by atoms with van der Waals surface area (Å²) >= 11 is 0. The van der Waals surface area contributed by atoms with Crippen LogP contribution < -0.4 is 11.5 Å². The summed E-state index contributed by atoms with van der Waals surface area (Å²) in [7, 11) is 0. The van der Waals surface area contributed by atoms with Gasteiger partial charge in [0, 0.05) is 23.3 Å². The topological polar surface area (TPSA) is 144 Å². The number of amides is 1. The fourth-order valence-electron chi connectivity index (χ4n) is 3.74. The van der Waals surface area contributed by atoms with Crippen molar-refractivity contribution in [3.63, 3.8) is 0 Å². The predicted octanol–water partition coefficient (Wildman–Crippen LogP) is 3.10. The number of pyridine rings is 2. The van der Waals surface area contributed by atoms with E-state index in [0.717, 1.165) is 5.56 Å². The van der Waals surface area contributed by atoms with Gasteiger partial charge >= 0.3 is 0 Å². The minimum Gasteiger partial charge on any atom is -0.508 e. The Kier molecular flexibility index (Phi) is 4.55. The van der Waals surface area contributed by atoms with Gasteiger partial charge in [-0.25, -0.2) is 14.4 Å². The molecule has 0 saturated carbocycles. The lowest BCUT2D eigenvalue weighted by Crippen LogP contribution is -2.17. The van der Waals surface area contributed by atoms with Crippen molar-refractivity contribution < 1.29 is 14.3 Å². The second-order valence-corrected chi connectivity index (χ2v) is 7.05. The molecular weight excluding hydrogens is 399 g/mol. The lowest BCUT2D eigenvalue weighted by atomic mass is 9.90. The van der Waals surface area contributed by atoms with E-state index in [9.17, 15) is 19.6 Å². The molecule has 0 aliphatic rings. The van der Waals surface area contributed by atoms with Crippen molar-refractivity contribution in [3.05, 3.63) is 64.9 Å². The van der Waals surface area contributed by atoms with E-state index in [2.05, 4.69) is 16.0 Å². The molecule has 0 saturated heterocycles. The highest BCUT2D eigenvalue weighted by atomic mass is 19.1. The molecule has 4 rings (SSSR count). The zero-order valence-corrected chi connectivity index (χ0v) is 16.6. The maximum absolute atomic E-state index is 14.5. The number of carbonyl (C=O) groups is 1. The number of carbonyl (C=O) groups excluding carboxylic acids is 1. The van der Waals surface area contributed by atoms with Crippen LogP contribution >= 0.6 is 0 Å². The van der Waals surface area contributed by atoms with Gasteiger partial charge in [0.25, 0.3) is 5.91 Å². The summed E-state index contributed by atoms with van der Waals surface area (Å²) in [6.07, 6.45) is 2.78. The maximum Gasteiger partial charge on any atom is 0.269 e. The van der Waals surface area contributed by atoms with Crippen molar-refractivity contribution >= 4 is 22.6 Å². The molecule has 0 aliphatic carbocycles. The van der Waals surface area contributed by atoms with Crippen LogP contribution in [0.5, 0.6) is 5.75 Å². The van der Waals surface area contributed by atoms with E-state index in [1.807, 2.05) is 0 Å². The minimum atomic E-state index is -0.885. The van der Waals surface area contributed by atoms with Gasteiger partial charge in [-0.05, 0) is 48.7 Å². The smallest absolute Gasteiger partial charge is 0.269 e. The van der Waals surface area contributed by atoms with E-state index in [-0.39, 0.29) is 34.2 Å². The second-order valence-electron chi connectivity index (χ2n) is 7.05. The zero-order chi connectivity index (χ0) is 22.4. The van der Waals surface area contributed by atoms with E-state index in [4.69, 9.17) is 11.5 Å². The summed E-state index contributed by atoms with van der Waals surface area (Å²) in [5.74, 6) is -1.62. The number of phenolic OH excluding ortho intramolecular Hbond substituents is 1. The standard InChI is InChI=1S/C22H17FN6O2/c1-10-5-6-14(30)11(2)15(10)17-16-12(8-24)9-29(21-13(23)4-3-7-27-21)22(16)28-19(18(17)25)20(26)31/h3-7,9,30H,25H2,1-2H3,(H2,26,31). The van der Waals surface area contributed by atoms with Crippen molar-refractivity contribution in [1.29, 1.82) is 5.26 Å². The second kappa shape index (κ2) is 7.11. The Morgan fingerprint density at radius 3 is 2.65 bits per heavy atom. The molecule has 0 unspecified atom stereocenters. The van der Waals surface area contributed by atoms with E-state index in [1.54, 1.807) is 19.9 Å². The molecule has 3 heterocycles. The van der Waals surface area contributed by atoms with Crippen LogP contribution in [0.25, 0.3) is 28.0 Å². The third-order valence-electron chi connectivity index (χ3n) is 5.19. The Bertz CT molecular complexity index is 1430. The van der Waals surface area contributed by atoms with Crippen molar-refractivity contribution in [2.75, 3.05) is 5.73 Å². The SMILES string of the molecule is Cc1ccc(O)c(C)c1-c1c(N)c(C(N)=O)nc2c1c(C#N)cn2-c1ncccc1F. The van der Waals surface area contributed by atoms with Crippen LogP contribution in [0.15, 0.2) is 36.7 Å². The van der Waals surface area contributed by atoms with Crippen molar-refractivity contribution in [1.82, 2.24) is 14.5 Å². The minimum absolute atomic E-state index is 0.0132. The van der Waals surface area contributed by atoms with Crippen LogP contribution in [0.1, 0.15) is 27.2 Å². The lowest BCUT2D eigenvalue weighted by Gasteiger charge is -2.17. The highest BCUT2D eigenvalue weighted by molar-refractivity contribution is 6.11. The molecule has 0 spiro atoms. The van der Waals surface area contributed by atoms with Crippen LogP contribution in [-0.4, -0.2) is 25.5 Å². The Hall–Kier alpha value is -4.45. The first kappa shape index (κ1) is 19.8. The fourth-order valence-corrected chi connectivity index (χ4v) is 3.74. The molecule has 0 aliphatic heterocycles.